The van der Waals surface area contributed by atoms with Crippen LogP contribution in [0.2, 0.25) is 0 Å². The number of pyridine rings is 1. The molecule has 1 heterocycles. The number of rotatable bonds is 3. The molecular weight excluding hydrogens is 268 g/mol. The second-order valence-electron chi connectivity index (χ2n) is 4.44. The Hall–Kier alpha value is -2.87. The molecular formula is C16H14N2O3. The molecule has 0 fully saturated rings. The molecule has 0 radical (unpaired) electrons. The van der Waals surface area contributed by atoms with Crippen LogP contribution in [0, 0.1) is 18.3 Å². The maximum Gasteiger partial charge on any atom is 0.343 e. The van der Waals surface area contributed by atoms with Gasteiger partial charge in [0, 0.05) is 17.5 Å². The Morgan fingerprint density at radius 3 is 2.86 bits per heavy atom. The number of aromatic nitrogens is 1. The topological polar surface area (TPSA) is 82.9 Å². The Morgan fingerprint density at radius 2 is 2.19 bits per heavy atom. The minimum absolute atomic E-state index is 0.0418. The maximum atomic E-state index is 12.5. The molecule has 21 heavy (non-hydrogen) atoms. The summed E-state index contributed by atoms with van der Waals surface area (Å²) >= 11 is 0. The Bertz CT molecular complexity index is 785. The third-order valence-electron chi connectivity index (χ3n) is 3.06. The molecule has 1 aromatic heterocycles. The number of nitrogens with zero attached hydrogens (tertiary/aromatic N) is 1. The molecule has 5 heteroatoms. The standard InChI is InChI=1S/C16H14N2O3/c1-3-21-16(20)13-9-18-10(2)14(15(13)19)12-6-4-5-11(7-12)8-17/h4-7,9H,3H2,1-2H3,(H,18,19). The van der Waals surface area contributed by atoms with Gasteiger partial charge in [0.25, 0.3) is 0 Å². The number of benzene rings is 1. The molecule has 2 aromatic rings. The van der Waals surface area contributed by atoms with Crippen molar-refractivity contribution in [3.05, 3.63) is 57.5 Å². The Morgan fingerprint density at radius 1 is 1.43 bits per heavy atom. The van der Waals surface area contributed by atoms with E-state index in [1.807, 2.05) is 6.07 Å². The van der Waals surface area contributed by atoms with Crippen LogP contribution < -0.4 is 5.43 Å². The quantitative estimate of drug-likeness (QED) is 0.876. The number of carbonyl (C=O) groups is 1. The lowest BCUT2D eigenvalue weighted by atomic mass is 10.00. The van der Waals surface area contributed by atoms with Crippen LogP contribution in [0.4, 0.5) is 0 Å². The van der Waals surface area contributed by atoms with Crippen LogP contribution in [0.5, 0.6) is 0 Å². The smallest absolute Gasteiger partial charge is 0.343 e. The number of H-pyrrole nitrogens is 1. The van der Waals surface area contributed by atoms with Crippen LogP contribution in [0.3, 0.4) is 0 Å². The molecule has 5 nitrogen and oxygen atoms in total. The first kappa shape index (κ1) is 14.5. The van der Waals surface area contributed by atoms with Crippen LogP contribution in [0.25, 0.3) is 11.1 Å². The monoisotopic (exact) mass is 282 g/mol. The van der Waals surface area contributed by atoms with Gasteiger partial charge in [-0.05, 0) is 31.5 Å². The molecule has 0 aliphatic carbocycles. The van der Waals surface area contributed by atoms with Crippen molar-refractivity contribution < 1.29 is 9.53 Å². The highest BCUT2D eigenvalue weighted by molar-refractivity contribution is 5.90. The number of aryl methyl sites for hydroxylation is 1. The number of nitriles is 1. The first-order chi connectivity index (χ1) is 10.1. The van der Waals surface area contributed by atoms with Gasteiger partial charge in [0.1, 0.15) is 5.56 Å². The third-order valence-corrected chi connectivity index (χ3v) is 3.06. The van der Waals surface area contributed by atoms with Gasteiger partial charge in [-0.25, -0.2) is 4.79 Å². The predicted molar refractivity (Wildman–Crippen MR) is 77.9 cm³/mol. The van der Waals surface area contributed by atoms with E-state index in [1.54, 1.807) is 38.1 Å². The number of nitrogens with one attached hydrogen (secondary N) is 1. The molecule has 0 aliphatic heterocycles. The zero-order chi connectivity index (χ0) is 15.4. The molecule has 106 valence electrons. The van der Waals surface area contributed by atoms with E-state index in [2.05, 4.69) is 4.98 Å². The lowest BCUT2D eigenvalue weighted by molar-refractivity contribution is 0.0524. The second kappa shape index (κ2) is 6.06. The van der Waals surface area contributed by atoms with Gasteiger partial charge in [0.2, 0.25) is 5.43 Å². The van der Waals surface area contributed by atoms with Gasteiger partial charge < -0.3 is 9.72 Å². The van der Waals surface area contributed by atoms with E-state index < -0.39 is 11.4 Å². The third kappa shape index (κ3) is 2.84. The highest BCUT2D eigenvalue weighted by Gasteiger charge is 2.17. The lowest BCUT2D eigenvalue weighted by Crippen LogP contribution is -2.20. The van der Waals surface area contributed by atoms with Crippen molar-refractivity contribution in [1.29, 1.82) is 5.26 Å². The van der Waals surface area contributed by atoms with Crippen molar-refractivity contribution >= 4 is 5.97 Å². The zero-order valence-electron chi connectivity index (χ0n) is 11.8. The van der Waals surface area contributed by atoms with Gasteiger partial charge in [-0.1, -0.05) is 12.1 Å². The fourth-order valence-corrected chi connectivity index (χ4v) is 2.08. The molecule has 0 bridgehead atoms. The van der Waals surface area contributed by atoms with Crippen LogP contribution >= 0.6 is 0 Å². The van der Waals surface area contributed by atoms with Crippen molar-refractivity contribution in [1.82, 2.24) is 4.98 Å². The van der Waals surface area contributed by atoms with Crippen molar-refractivity contribution in [2.75, 3.05) is 6.61 Å². The molecule has 0 aliphatic rings. The number of hydrogen-bond donors (Lipinski definition) is 1. The summed E-state index contributed by atoms with van der Waals surface area (Å²) in [6.45, 7) is 3.62. The van der Waals surface area contributed by atoms with E-state index in [0.29, 0.717) is 22.4 Å². The Kier molecular flexibility index (Phi) is 4.19. The zero-order valence-corrected chi connectivity index (χ0v) is 11.8. The molecule has 1 N–H and O–H groups in total. The van der Waals surface area contributed by atoms with Crippen LogP contribution in [-0.4, -0.2) is 17.6 Å². The molecule has 0 saturated heterocycles. The maximum absolute atomic E-state index is 12.5. The average molecular weight is 282 g/mol. The van der Waals surface area contributed by atoms with E-state index in [9.17, 15) is 9.59 Å². The predicted octanol–water partition coefficient (Wildman–Crippen LogP) is 2.40. The highest BCUT2D eigenvalue weighted by Crippen LogP contribution is 2.20. The molecule has 0 unspecified atom stereocenters. The first-order valence-corrected chi connectivity index (χ1v) is 6.48. The number of carbonyl (C=O) groups excluding carboxylic acids is 1. The largest absolute Gasteiger partial charge is 0.462 e. The van der Waals surface area contributed by atoms with Gasteiger partial charge in [0.05, 0.1) is 18.2 Å². The SMILES string of the molecule is CCOC(=O)c1c[nH]c(C)c(-c2cccc(C#N)c2)c1=O. The van der Waals surface area contributed by atoms with Gasteiger partial charge in [-0.2, -0.15) is 5.26 Å². The van der Waals surface area contributed by atoms with Crippen LogP contribution in [0.15, 0.2) is 35.3 Å². The van der Waals surface area contributed by atoms with Gasteiger partial charge in [-0.15, -0.1) is 0 Å². The molecule has 0 saturated carbocycles. The molecule has 0 amide bonds. The summed E-state index contributed by atoms with van der Waals surface area (Å²) in [6.07, 6.45) is 1.35. The number of ether oxygens (including phenoxy) is 1. The first-order valence-electron chi connectivity index (χ1n) is 6.48. The van der Waals surface area contributed by atoms with Crippen LogP contribution in [-0.2, 0) is 4.74 Å². The summed E-state index contributed by atoms with van der Waals surface area (Å²) in [5, 5.41) is 8.95. The van der Waals surface area contributed by atoms with Gasteiger partial charge in [-0.3, -0.25) is 4.79 Å². The van der Waals surface area contributed by atoms with Crippen LogP contribution in [0.1, 0.15) is 28.5 Å². The average Bonchev–Trinajstić information content (AvgIpc) is 2.48. The van der Waals surface area contributed by atoms with Crippen molar-refractivity contribution in [2.24, 2.45) is 0 Å². The summed E-state index contributed by atoms with van der Waals surface area (Å²) in [5.41, 5.74) is 1.60. The lowest BCUT2D eigenvalue weighted by Gasteiger charge is -2.08. The summed E-state index contributed by atoms with van der Waals surface area (Å²) in [4.78, 5) is 27.2. The molecule has 0 spiro atoms. The molecule has 0 atom stereocenters. The van der Waals surface area contributed by atoms with Gasteiger partial charge in [0.15, 0.2) is 0 Å². The number of esters is 1. The minimum atomic E-state index is -0.656. The molecule has 2 rings (SSSR count). The van der Waals surface area contributed by atoms with Crippen molar-refractivity contribution in [3.8, 4) is 17.2 Å². The Labute approximate surface area is 121 Å². The Balaban J connectivity index is 2.63. The van der Waals surface area contributed by atoms with E-state index >= 15 is 0 Å². The minimum Gasteiger partial charge on any atom is -0.462 e. The summed E-state index contributed by atoms with van der Waals surface area (Å²) < 4.78 is 4.87. The molecule has 1 aromatic carbocycles. The van der Waals surface area contributed by atoms with E-state index in [4.69, 9.17) is 10.00 Å². The van der Waals surface area contributed by atoms with E-state index in [1.165, 1.54) is 6.20 Å². The van der Waals surface area contributed by atoms with E-state index in [-0.39, 0.29) is 12.2 Å². The van der Waals surface area contributed by atoms with E-state index in [0.717, 1.165) is 0 Å². The number of aromatic amines is 1. The fourth-order valence-electron chi connectivity index (χ4n) is 2.08. The fraction of sp³-hybridized carbons (Fsp3) is 0.188. The van der Waals surface area contributed by atoms with Crippen molar-refractivity contribution in [3.63, 3.8) is 0 Å². The second-order valence-corrected chi connectivity index (χ2v) is 4.44. The summed E-state index contributed by atoms with van der Waals surface area (Å²) in [6, 6.07) is 8.73. The van der Waals surface area contributed by atoms with Crippen molar-refractivity contribution in [2.45, 2.75) is 13.8 Å². The normalized spacial score (nSPS) is 9.95. The van der Waals surface area contributed by atoms with Gasteiger partial charge >= 0.3 is 5.97 Å². The summed E-state index contributed by atoms with van der Waals surface area (Å²) in [5.74, 6) is -0.656. The number of hydrogen-bond acceptors (Lipinski definition) is 4. The highest BCUT2D eigenvalue weighted by atomic mass is 16.5. The summed E-state index contributed by atoms with van der Waals surface area (Å²) in [7, 11) is 0.